The lowest BCUT2D eigenvalue weighted by Gasteiger charge is -2.22. The van der Waals surface area contributed by atoms with E-state index < -0.39 is 10.9 Å². The fourth-order valence-electron chi connectivity index (χ4n) is 2.49. The summed E-state index contributed by atoms with van der Waals surface area (Å²) < 4.78 is 0. The molecule has 0 aliphatic heterocycles. The zero-order valence-electron chi connectivity index (χ0n) is 11.1. The molecule has 0 radical (unpaired) electrons. The van der Waals surface area contributed by atoms with Crippen LogP contribution < -0.4 is 4.90 Å². The summed E-state index contributed by atoms with van der Waals surface area (Å²) in [7, 11) is 0. The second-order valence-corrected chi connectivity index (χ2v) is 5.01. The van der Waals surface area contributed by atoms with Gasteiger partial charge in [-0.05, 0) is 37.1 Å². The maximum Gasteiger partial charge on any atom is 0.323 e. The molecule has 108 valence electrons. The minimum absolute atomic E-state index is 0.0638. The van der Waals surface area contributed by atoms with Gasteiger partial charge in [-0.1, -0.05) is 0 Å². The van der Waals surface area contributed by atoms with Crippen LogP contribution in [0.4, 0.5) is 11.4 Å². The number of fused-ring (bicyclic) bond motifs is 1. The normalized spacial score (nSPS) is 14.1. The number of benzene rings is 1. The molecule has 0 saturated heterocycles. The molecular weight excluding hydrogens is 274 g/mol. The molecule has 1 fully saturated rings. The van der Waals surface area contributed by atoms with Gasteiger partial charge in [-0.15, -0.1) is 0 Å². The number of nitrogens with zero attached hydrogens (tertiary/aromatic N) is 3. The van der Waals surface area contributed by atoms with E-state index in [0.717, 1.165) is 12.8 Å². The number of hydrogen-bond donors (Lipinski definition) is 1. The van der Waals surface area contributed by atoms with Crippen LogP contribution in [0.25, 0.3) is 10.9 Å². The molecule has 1 aliphatic carbocycles. The minimum Gasteiger partial charge on any atom is -0.480 e. The first-order valence-corrected chi connectivity index (χ1v) is 6.58. The van der Waals surface area contributed by atoms with Gasteiger partial charge >= 0.3 is 11.7 Å². The van der Waals surface area contributed by atoms with Gasteiger partial charge in [0.25, 0.3) is 0 Å². The summed E-state index contributed by atoms with van der Waals surface area (Å²) in [6.45, 7) is -0.239. The highest BCUT2D eigenvalue weighted by molar-refractivity contribution is 5.95. The molecule has 0 atom stereocenters. The van der Waals surface area contributed by atoms with Gasteiger partial charge in [0.15, 0.2) is 0 Å². The molecule has 21 heavy (non-hydrogen) atoms. The van der Waals surface area contributed by atoms with Crippen LogP contribution >= 0.6 is 0 Å². The Bertz CT molecular complexity index is 727. The van der Waals surface area contributed by atoms with Gasteiger partial charge in [0.1, 0.15) is 12.2 Å². The van der Waals surface area contributed by atoms with E-state index in [9.17, 15) is 14.9 Å². The van der Waals surface area contributed by atoms with Crippen molar-refractivity contribution < 1.29 is 14.8 Å². The molecule has 0 spiro atoms. The van der Waals surface area contributed by atoms with Crippen molar-refractivity contribution in [2.75, 3.05) is 11.4 Å². The number of carboxylic acid groups (broad SMARTS) is 1. The number of aromatic nitrogens is 1. The highest BCUT2D eigenvalue weighted by atomic mass is 16.6. The summed E-state index contributed by atoms with van der Waals surface area (Å²) in [6, 6.07) is 6.62. The number of nitro benzene ring substituents is 1. The van der Waals surface area contributed by atoms with Gasteiger partial charge in [0, 0.05) is 12.2 Å². The molecule has 3 rings (SSSR count). The van der Waals surface area contributed by atoms with E-state index >= 15 is 0 Å². The van der Waals surface area contributed by atoms with Gasteiger partial charge in [-0.3, -0.25) is 19.9 Å². The van der Waals surface area contributed by atoms with E-state index in [0.29, 0.717) is 16.6 Å². The van der Waals surface area contributed by atoms with Gasteiger partial charge in [0.05, 0.1) is 15.8 Å². The Morgan fingerprint density at radius 3 is 2.81 bits per heavy atom. The molecule has 1 aromatic heterocycles. The number of carbonyl (C=O) groups is 1. The highest BCUT2D eigenvalue weighted by Crippen LogP contribution is 2.40. The smallest absolute Gasteiger partial charge is 0.323 e. The zero-order valence-corrected chi connectivity index (χ0v) is 11.1. The van der Waals surface area contributed by atoms with Crippen molar-refractivity contribution in [3.8, 4) is 0 Å². The van der Waals surface area contributed by atoms with Gasteiger partial charge < -0.3 is 10.0 Å². The number of rotatable bonds is 5. The monoisotopic (exact) mass is 287 g/mol. The van der Waals surface area contributed by atoms with E-state index in [1.807, 2.05) is 0 Å². The third-order valence-electron chi connectivity index (χ3n) is 3.52. The first kappa shape index (κ1) is 13.3. The Morgan fingerprint density at radius 1 is 1.43 bits per heavy atom. The highest BCUT2D eigenvalue weighted by Gasteiger charge is 2.35. The molecule has 1 aliphatic rings. The van der Waals surface area contributed by atoms with E-state index in [1.54, 1.807) is 35.4 Å². The molecule has 7 nitrogen and oxygen atoms in total. The molecule has 2 aromatic rings. The molecule has 1 saturated carbocycles. The predicted molar refractivity (Wildman–Crippen MR) is 76.4 cm³/mol. The summed E-state index contributed by atoms with van der Waals surface area (Å²) in [4.78, 5) is 27.8. The second kappa shape index (κ2) is 5.01. The third-order valence-corrected chi connectivity index (χ3v) is 3.52. The predicted octanol–water partition coefficient (Wildman–Crippen LogP) is 2.20. The third kappa shape index (κ3) is 2.49. The summed E-state index contributed by atoms with van der Waals surface area (Å²) >= 11 is 0. The first-order valence-electron chi connectivity index (χ1n) is 6.58. The van der Waals surface area contributed by atoms with Crippen LogP contribution in [0.15, 0.2) is 30.5 Å². The number of pyridine rings is 1. The van der Waals surface area contributed by atoms with Crippen LogP contribution in [0.2, 0.25) is 0 Å². The molecule has 0 amide bonds. The number of nitro groups is 1. The average Bonchev–Trinajstić information content (AvgIpc) is 3.27. The van der Waals surface area contributed by atoms with E-state index in [-0.39, 0.29) is 18.3 Å². The summed E-state index contributed by atoms with van der Waals surface area (Å²) in [5.41, 5.74) is 0.804. The molecule has 1 N–H and O–H groups in total. The lowest BCUT2D eigenvalue weighted by Crippen LogP contribution is -2.32. The molecule has 0 bridgehead atoms. The quantitative estimate of drug-likeness (QED) is 0.669. The van der Waals surface area contributed by atoms with Crippen LogP contribution in [0.1, 0.15) is 12.8 Å². The standard InChI is InChI=1S/C14H13N3O4/c18-13(19)8-16(9-3-4-9)12-6-5-11-10(2-1-7-15-11)14(12)17(20)21/h1-2,5-7,9H,3-4,8H2,(H,18,19). The number of carboxylic acids is 1. The Labute approximate surface area is 120 Å². The molecule has 1 aromatic carbocycles. The van der Waals surface area contributed by atoms with Gasteiger partial charge in [0.2, 0.25) is 0 Å². The number of anilines is 1. The zero-order chi connectivity index (χ0) is 15.0. The second-order valence-electron chi connectivity index (χ2n) is 5.01. The molecule has 7 heteroatoms. The van der Waals surface area contributed by atoms with Crippen molar-refractivity contribution in [3.63, 3.8) is 0 Å². The van der Waals surface area contributed by atoms with Crippen molar-refractivity contribution in [2.24, 2.45) is 0 Å². The maximum absolute atomic E-state index is 11.5. The van der Waals surface area contributed by atoms with E-state index in [2.05, 4.69) is 4.98 Å². The van der Waals surface area contributed by atoms with Crippen molar-refractivity contribution in [1.82, 2.24) is 4.98 Å². The molecular formula is C14H13N3O4. The average molecular weight is 287 g/mol. The largest absolute Gasteiger partial charge is 0.480 e. The maximum atomic E-state index is 11.5. The lowest BCUT2D eigenvalue weighted by molar-refractivity contribution is -0.382. The van der Waals surface area contributed by atoms with E-state index in [1.165, 1.54) is 0 Å². The number of hydrogen-bond acceptors (Lipinski definition) is 5. The topological polar surface area (TPSA) is 96.6 Å². The van der Waals surface area contributed by atoms with Crippen LogP contribution in [0, 0.1) is 10.1 Å². The molecule has 1 heterocycles. The Hall–Kier alpha value is -2.70. The summed E-state index contributed by atoms with van der Waals surface area (Å²) in [6.07, 6.45) is 3.28. The Morgan fingerprint density at radius 2 is 2.19 bits per heavy atom. The van der Waals surface area contributed by atoms with Crippen LogP contribution in [0.5, 0.6) is 0 Å². The van der Waals surface area contributed by atoms with Crippen molar-refractivity contribution in [2.45, 2.75) is 18.9 Å². The number of aliphatic carboxylic acids is 1. The molecule has 0 unspecified atom stereocenters. The Kier molecular flexibility index (Phi) is 3.17. The van der Waals surface area contributed by atoms with Crippen molar-refractivity contribution in [1.29, 1.82) is 0 Å². The van der Waals surface area contributed by atoms with Crippen LogP contribution in [-0.2, 0) is 4.79 Å². The van der Waals surface area contributed by atoms with Crippen molar-refractivity contribution in [3.05, 3.63) is 40.6 Å². The summed E-state index contributed by atoms with van der Waals surface area (Å²) in [5, 5.41) is 20.9. The Balaban J connectivity index is 2.18. The van der Waals surface area contributed by atoms with Crippen LogP contribution in [-0.4, -0.2) is 33.6 Å². The lowest BCUT2D eigenvalue weighted by atomic mass is 10.1. The van der Waals surface area contributed by atoms with Crippen molar-refractivity contribution >= 4 is 28.2 Å². The van der Waals surface area contributed by atoms with Gasteiger partial charge in [-0.2, -0.15) is 0 Å². The van der Waals surface area contributed by atoms with E-state index in [4.69, 9.17) is 5.11 Å². The fourth-order valence-corrected chi connectivity index (χ4v) is 2.49. The summed E-state index contributed by atoms with van der Waals surface area (Å²) in [5.74, 6) is -0.998. The SMILES string of the molecule is O=C(O)CN(c1ccc2ncccc2c1[N+](=O)[O-])C1CC1. The first-order chi connectivity index (χ1) is 10.1. The van der Waals surface area contributed by atoms with Gasteiger partial charge in [-0.25, -0.2) is 0 Å². The van der Waals surface area contributed by atoms with Crippen LogP contribution in [0.3, 0.4) is 0 Å². The minimum atomic E-state index is -0.998. The fraction of sp³-hybridized carbons (Fsp3) is 0.286.